The highest BCUT2D eigenvalue weighted by atomic mass is 32.2. The molecular weight excluding hydrogens is 294 g/mol. The van der Waals surface area contributed by atoms with Crippen LogP contribution in [0.2, 0.25) is 0 Å². The van der Waals surface area contributed by atoms with Crippen LogP contribution in [-0.4, -0.2) is 46.5 Å². The molecule has 0 amide bonds. The molecule has 1 aromatic rings. The van der Waals surface area contributed by atoms with Gasteiger partial charge in [-0.05, 0) is 37.1 Å². The van der Waals surface area contributed by atoms with Crippen molar-refractivity contribution in [1.82, 2.24) is 4.72 Å². The number of rotatable bonds is 11. The Kier molecular flexibility index (Phi) is 8.29. The maximum absolute atomic E-state index is 12.0. The molecule has 0 aliphatic carbocycles. The van der Waals surface area contributed by atoms with Crippen LogP contribution in [0.25, 0.3) is 0 Å². The Balaban J connectivity index is 2.42. The lowest BCUT2D eigenvalue weighted by atomic mass is 10.3. The van der Waals surface area contributed by atoms with Crippen LogP contribution in [0.1, 0.15) is 19.8 Å². The molecule has 0 radical (unpaired) electrons. The van der Waals surface area contributed by atoms with E-state index in [1.165, 1.54) is 12.1 Å². The van der Waals surface area contributed by atoms with E-state index in [4.69, 9.17) is 14.6 Å². The van der Waals surface area contributed by atoms with Gasteiger partial charge in [0, 0.05) is 19.8 Å². The summed E-state index contributed by atoms with van der Waals surface area (Å²) in [6, 6.07) is 6.08. The molecule has 0 saturated heterocycles. The summed E-state index contributed by atoms with van der Waals surface area (Å²) in [5, 5.41) is 8.64. The average Bonchev–Trinajstić information content (AvgIpc) is 2.49. The molecule has 2 N–H and O–H groups in total. The summed E-state index contributed by atoms with van der Waals surface area (Å²) in [7, 11) is -3.50. The number of sulfonamides is 1. The van der Waals surface area contributed by atoms with Crippen molar-refractivity contribution in [1.29, 1.82) is 0 Å². The molecule has 0 aliphatic heterocycles. The summed E-state index contributed by atoms with van der Waals surface area (Å²) >= 11 is 0. The molecule has 1 rings (SSSR count). The number of hydrogen-bond donors (Lipinski definition) is 2. The van der Waals surface area contributed by atoms with E-state index in [1.807, 2.05) is 6.92 Å². The first-order chi connectivity index (χ1) is 10.1. The molecule has 7 heteroatoms. The maximum Gasteiger partial charge on any atom is 0.240 e. The number of hydrogen-bond acceptors (Lipinski definition) is 5. The molecule has 0 unspecified atom stereocenters. The van der Waals surface area contributed by atoms with E-state index in [1.54, 1.807) is 12.1 Å². The summed E-state index contributed by atoms with van der Waals surface area (Å²) in [6.07, 6.45) is 1.59. The molecule has 120 valence electrons. The quantitative estimate of drug-likeness (QED) is 0.598. The van der Waals surface area contributed by atoms with Crippen LogP contribution in [-0.2, 0) is 14.8 Å². The van der Waals surface area contributed by atoms with Gasteiger partial charge in [0.15, 0.2) is 0 Å². The van der Waals surface area contributed by atoms with Gasteiger partial charge in [0.2, 0.25) is 10.0 Å². The Morgan fingerprint density at radius 2 is 1.86 bits per heavy atom. The second-order valence-corrected chi connectivity index (χ2v) is 6.17. The van der Waals surface area contributed by atoms with E-state index in [9.17, 15) is 8.42 Å². The minimum absolute atomic E-state index is 0.0816. The molecule has 0 spiro atoms. The monoisotopic (exact) mass is 317 g/mol. The first kappa shape index (κ1) is 17.9. The third-order valence-electron chi connectivity index (χ3n) is 2.60. The van der Waals surface area contributed by atoms with Crippen molar-refractivity contribution < 1.29 is 23.0 Å². The average molecular weight is 317 g/mol. The summed E-state index contributed by atoms with van der Waals surface area (Å²) in [5.41, 5.74) is 0. The van der Waals surface area contributed by atoms with Crippen molar-refractivity contribution in [3.05, 3.63) is 24.3 Å². The summed E-state index contributed by atoms with van der Waals surface area (Å²) in [6.45, 7) is 3.71. The van der Waals surface area contributed by atoms with Gasteiger partial charge in [0.05, 0.1) is 11.5 Å². The van der Waals surface area contributed by atoms with E-state index in [-0.39, 0.29) is 18.1 Å². The lowest BCUT2D eigenvalue weighted by molar-refractivity contribution is 0.133. The lowest BCUT2D eigenvalue weighted by Crippen LogP contribution is -2.25. The van der Waals surface area contributed by atoms with Gasteiger partial charge < -0.3 is 14.6 Å². The Bertz CT molecular complexity index is 487. The second kappa shape index (κ2) is 9.73. The third-order valence-corrected chi connectivity index (χ3v) is 4.08. The third kappa shape index (κ3) is 6.90. The molecule has 0 heterocycles. The Morgan fingerprint density at radius 3 is 2.48 bits per heavy atom. The smallest absolute Gasteiger partial charge is 0.240 e. The van der Waals surface area contributed by atoms with Crippen LogP contribution in [0.5, 0.6) is 5.75 Å². The fourth-order valence-electron chi connectivity index (χ4n) is 1.59. The standard InChI is InChI=1S/C14H23NO5S/c1-2-10-19-11-3-8-15-21(17,18)14-6-4-13(5-7-14)20-12-9-16/h4-7,15-16H,2-3,8-12H2,1H3. The zero-order valence-corrected chi connectivity index (χ0v) is 13.1. The highest BCUT2D eigenvalue weighted by Gasteiger charge is 2.12. The predicted molar refractivity (Wildman–Crippen MR) is 79.9 cm³/mol. The molecule has 0 aromatic heterocycles. The Morgan fingerprint density at radius 1 is 1.14 bits per heavy atom. The highest BCUT2D eigenvalue weighted by molar-refractivity contribution is 7.89. The number of aliphatic hydroxyl groups excluding tert-OH is 1. The number of ether oxygens (including phenoxy) is 2. The normalized spacial score (nSPS) is 11.5. The maximum atomic E-state index is 12.0. The molecule has 21 heavy (non-hydrogen) atoms. The predicted octanol–water partition coefficient (Wildman–Crippen LogP) is 1.15. The van der Waals surface area contributed by atoms with Gasteiger partial charge in [-0.25, -0.2) is 13.1 Å². The van der Waals surface area contributed by atoms with Gasteiger partial charge in [-0.15, -0.1) is 0 Å². The van der Waals surface area contributed by atoms with Gasteiger partial charge in [0.25, 0.3) is 0 Å². The van der Waals surface area contributed by atoms with Crippen LogP contribution in [0.15, 0.2) is 29.2 Å². The molecule has 1 aromatic carbocycles. The van der Waals surface area contributed by atoms with Gasteiger partial charge in [0.1, 0.15) is 12.4 Å². The first-order valence-electron chi connectivity index (χ1n) is 7.01. The van der Waals surface area contributed by atoms with Crippen molar-refractivity contribution in [2.75, 3.05) is 33.0 Å². The summed E-state index contributed by atoms with van der Waals surface area (Å²) in [5.74, 6) is 0.524. The largest absolute Gasteiger partial charge is 0.491 e. The number of nitrogens with one attached hydrogen (secondary N) is 1. The van der Waals surface area contributed by atoms with Crippen molar-refractivity contribution in [2.24, 2.45) is 0 Å². The van der Waals surface area contributed by atoms with Crippen LogP contribution in [0.3, 0.4) is 0 Å². The molecule has 0 saturated carbocycles. The zero-order chi connectivity index (χ0) is 15.6. The van der Waals surface area contributed by atoms with Gasteiger partial charge in [-0.2, -0.15) is 0 Å². The van der Waals surface area contributed by atoms with E-state index in [2.05, 4.69) is 4.72 Å². The summed E-state index contributed by atoms with van der Waals surface area (Å²) < 4.78 is 37.0. The number of benzene rings is 1. The van der Waals surface area contributed by atoms with Crippen molar-refractivity contribution in [3.8, 4) is 5.75 Å². The molecule has 0 atom stereocenters. The van der Waals surface area contributed by atoms with E-state index >= 15 is 0 Å². The lowest BCUT2D eigenvalue weighted by Gasteiger charge is -2.08. The Labute approximate surface area is 126 Å². The van der Waals surface area contributed by atoms with E-state index in [0.717, 1.165) is 6.42 Å². The molecule has 6 nitrogen and oxygen atoms in total. The number of aliphatic hydroxyl groups is 1. The fraction of sp³-hybridized carbons (Fsp3) is 0.571. The van der Waals surface area contributed by atoms with Crippen molar-refractivity contribution >= 4 is 10.0 Å². The molecule has 0 fully saturated rings. The van der Waals surface area contributed by atoms with Gasteiger partial charge in [-0.3, -0.25) is 0 Å². The molecular formula is C14H23NO5S. The topological polar surface area (TPSA) is 84.9 Å². The van der Waals surface area contributed by atoms with Crippen LogP contribution >= 0.6 is 0 Å². The minimum atomic E-state index is -3.50. The zero-order valence-electron chi connectivity index (χ0n) is 12.2. The first-order valence-corrected chi connectivity index (χ1v) is 8.49. The van der Waals surface area contributed by atoms with Gasteiger partial charge in [-0.1, -0.05) is 6.92 Å². The highest BCUT2D eigenvalue weighted by Crippen LogP contribution is 2.15. The minimum Gasteiger partial charge on any atom is -0.491 e. The molecule has 0 bridgehead atoms. The van der Waals surface area contributed by atoms with Crippen LogP contribution in [0.4, 0.5) is 0 Å². The van der Waals surface area contributed by atoms with Crippen molar-refractivity contribution in [2.45, 2.75) is 24.7 Å². The van der Waals surface area contributed by atoms with Crippen LogP contribution in [0, 0.1) is 0 Å². The van der Waals surface area contributed by atoms with E-state index in [0.29, 0.717) is 31.9 Å². The summed E-state index contributed by atoms with van der Waals surface area (Å²) in [4.78, 5) is 0.188. The second-order valence-electron chi connectivity index (χ2n) is 4.41. The van der Waals surface area contributed by atoms with E-state index < -0.39 is 10.0 Å². The Hall–Kier alpha value is -1.15. The van der Waals surface area contributed by atoms with Crippen LogP contribution < -0.4 is 9.46 Å². The van der Waals surface area contributed by atoms with Crippen molar-refractivity contribution in [3.63, 3.8) is 0 Å². The van der Waals surface area contributed by atoms with Gasteiger partial charge >= 0.3 is 0 Å². The molecule has 0 aliphatic rings. The SMILES string of the molecule is CCCOCCCNS(=O)(=O)c1ccc(OCCO)cc1. The fourth-order valence-corrected chi connectivity index (χ4v) is 2.66.